The highest BCUT2D eigenvalue weighted by atomic mass is 19.1. The summed E-state index contributed by atoms with van der Waals surface area (Å²) in [5.41, 5.74) is 7.62. The summed E-state index contributed by atoms with van der Waals surface area (Å²) >= 11 is 0. The van der Waals surface area contributed by atoms with Gasteiger partial charge in [0.05, 0.1) is 0 Å². The first kappa shape index (κ1) is 20.0. The summed E-state index contributed by atoms with van der Waals surface area (Å²) in [6.07, 6.45) is 3.02. The van der Waals surface area contributed by atoms with Crippen LogP contribution in [-0.4, -0.2) is 29.1 Å². The van der Waals surface area contributed by atoms with Gasteiger partial charge in [0, 0.05) is 25.2 Å². The zero-order valence-electron chi connectivity index (χ0n) is 16.5. The van der Waals surface area contributed by atoms with Crippen LogP contribution in [-0.2, 0) is 13.0 Å². The summed E-state index contributed by atoms with van der Waals surface area (Å²) in [6.45, 7) is 2.30. The summed E-state index contributed by atoms with van der Waals surface area (Å²) in [7, 11) is 0. The van der Waals surface area contributed by atoms with Crippen LogP contribution in [0, 0.1) is 5.82 Å². The molecule has 4 nitrogen and oxygen atoms in total. The number of nitrogens with one attached hydrogen (secondary N) is 1. The van der Waals surface area contributed by atoms with E-state index >= 15 is 0 Å². The summed E-state index contributed by atoms with van der Waals surface area (Å²) in [6, 6.07) is 22.2. The molecule has 0 saturated heterocycles. The number of hydroxylamine groups is 1. The van der Waals surface area contributed by atoms with Gasteiger partial charge >= 0.3 is 0 Å². The molecule has 0 aromatic heterocycles. The van der Waals surface area contributed by atoms with Crippen LogP contribution >= 0.6 is 0 Å². The number of halogens is 1. The lowest BCUT2D eigenvalue weighted by Crippen LogP contribution is -2.32. The second kappa shape index (κ2) is 9.03. The summed E-state index contributed by atoms with van der Waals surface area (Å²) < 4.78 is 13.5. The molecule has 0 bridgehead atoms. The Balaban J connectivity index is 1.60. The van der Waals surface area contributed by atoms with Gasteiger partial charge in [0.1, 0.15) is 5.82 Å². The smallest absolute Gasteiger partial charge is 0.274 e. The van der Waals surface area contributed by atoms with Crippen molar-refractivity contribution in [3.05, 3.63) is 106 Å². The van der Waals surface area contributed by atoms with Gasteiger partial charge in [0.2, 0.25) is 0 Å². The second-order valence-corrected chi connectivity index (χ2v) is 7.47. The first-order valence-electron chi connectivity index (χ1n) is 9.92. The van der Waals surface area contributed by atoms with Gasteiger partial charge in [-0.15, -0.1) is 0 Å². The Bertz CT molecular complexity index is 1060. The highest BCUT2D eigenvalue weighted by molar-refractivity contribution is 5.93. The molecule has 0 aliphatic carbocycles. The van der Waals surface area contributed by atoms with Crippen molar-refractivity contribution in [2.45, 2.75) is 13.0 Å². The van der Waals surface area contributed by atoms with E-state index in [4.69, 9.17) is 5.21 Å². The molecule has 0 saturated carbocycles. The van der Waals surface area contributed by atoms with E-state index in [-0.39, 0.29) is 5.82 Å². The Morgan fingerprint density at radius 2 is 1.73 bits per heavy atom. The summed E-state index contributed by atoms with van der Waals surface area (Å²) in [5.74, 6) is -0.759. The molecule has 4 rings (SSSR count). The number of fused-ring (bicyclic) bond motifs is 1. The first-order chi connectivity index (χ1) is 14.6. The van der Waals surface area contributed by atoms with Crippen molar-refractivity contribution in [3.63, 3.8) is 0 Å². The SMILES string of the molecule is O=C(NO)c1ccc2c(c1)CN(CC(=Cc1ccccc1)c1ccc(F)cc1)CC2. The number of nitrogens with zero attached hydrogens (tertiary/aromatic N) is 1. The van der Waals surface area contributed by atoms with Crippen LogP contribution in [0.1, 0.15) is 32.6 Å². The molecule has 1 aliphatic heterocycles. The van der Waals surface area contributed by atoms with Crippen LogP contribution < -0.4 is 5.48 Å². The zero-order chi connectivity index (χ0) is 20.9. The number of hydrogen-bond acceptors (Lipinski definition) is 3. The lowest BCUT2D eigenvalue weighted by molar-refractivity contribution is 0.0706. The Morgan fingerprint density at radius 3 is 2.47 bits per heavy atom. The fraction of sp³-hybridized carbons (Fsp3) is 0.160. The van der Waals surface area contributed by atoms with E-state index in [2.05, 4.69) is 23.1 Å². The molecular formula is C25H23FN2O2. The highest BCUT2D eigenvalue weighted by Gasteiger charge is 2.19. The largest absolute Gasteiger partial charge is 0.294 e. The van der Waals surface area contributed by atoms with Crippen molar-refractivity contribution in [1.29, 1.82) is 0 Å². The number of benzene rings is 3. The lowest BCUT2D eigenvalue weighted by atomic mass is 9.95. The second-order valence-electron chi connectivity index (χ2n) is 7.47. The van der Waals surface area contributed by atoms with Crippen molar-refractivity contribution in [2.75, 3.05) is 13.1 Å². The van der Waals surface area contributed by atoms with Crippen LogP contribution in [0.4, 0.5) is 4.39 Å². The zero-order valence-corrected chi connectivity index (χ0v) is 16.5. The van der Waals surface area contributed by atoms with Crippen molar-refractivity contribution in [2.24, 2.45) is 0 Å². The predicted octanol–water partition coefficient (Wildman–Crippen LogP) is 4.54. The Hall–Kier alpha value is -3.28. The molecule has 3 aromatic carbocycles. The van der Waals surface area contributed by atoms with Gasteiger partial charge in [-0.05, 0) is 64.6 Å². The Labute approximate surface area is 175 Å². The molecule has 0 spiro atoms. The molecule has 152 valence electrons. The topological polar surface area (TPSA) is 52.6 Å². The van der Waals surface area contributed by atoms with E-state index in [1.54, 1.807) is 11.5 Å². The molecule has 2 N–H and O–H groups in total. The van der Waals surface area contributed by atoms with Crippen LogP contribution in [0.15, 0.2) is 72.8 Å². The number of rotatable bonds is 5. The summed E-state index contributed by atoms with van der Waals surface area (Å²) in [5, 5.41) is 8.90. The molecule has 30 heavy (non-hydrogen) atoms. The minimum Gasteiger partial charge on any atom is -0.294 e. The minimum absolute atomic E-state index is 0.251. The lowest BCUT2D eigenvalue weighted by Gasteiger charge is -2.30. The predicted molar refractivity (Wildman–Crippen MR) is 115 cm³/mol. The third-order valence-electron chi connectivity index (χ3n) is 5.41. The molecule has 0 unspecified atom stereocenters. The van der Waals surface area contributed by atoms with E-state index in [0.717, 1.165) is 35.2 Å². The third kappa shape index (κ3) is 4.64. The maximum atomic E-state index is 13.5. The van der Waals surface area contributed by atoms with Crippen molar-refractivity contribution in [1.82, 2.24) is 10.4 Å². The molecular weight excluding hydrogens is 379 g/mol. The number of amides is 1. The van der Waals surface area contributed by atoms with E-state index in [0.29, 0.717) is 18.7 Å². The van der Waals surface area contributed by atoms with Crippen molar-refractivity contribution >= 4 is 17.6 Å². The van der Waals surface area contributed by atoms with Crippen molar-refractivity contribution < 1.29 is 14.4 Å². The Kier molecular flexibility index (Phi) is 6.02. The van der Waals surface area contributed by atoms with E-state index in [9.17, 15) is 9.18 Å². The summed E-state index contributed by atoms with van der Waals surface area (Å²) in [4.78, 5) is 14.1. The monoisotopic (exact) mass is 402 g/mol. The third-order valence-corrected chi connectivity index (χ3v) is 5.41. The number of hydrogen-bond donors (Lipinski definition) is 2. The van der Waals surface area contributed by atoms with Crippen LogP contribution in [0.25, 0.3) is 11.6 Å². The van der Waals surface area contributed by atoms with E-state index < -0.39 is 5.91 Å². The molecule has 0 atom stereocenters. The van der Waals surface area contributed by atoms with Crippen molar-refractivity contribution in [3.8, 4) is 0 Å². The quantitative estimate of drug-likeness (QED) is 0.374. The number of carbonyl (C=O) groups excluding carboxylic acids is 1. The maximum absolute atomic E-state index is 13.5. The van der Waals surface area contributed by atoms with Crippen LogP contribution in [0.3, 0.4) is 0 Å². The molecule has 1 aliphatic rings. The van der Waals surface area contributed by atoms with Gasteiger partial charge in [0.15, 0.2) is 0 Å². The maximum Gasteiger partial charge on any atom is 0.274 e. The average molecular weight is 402 g/mol. The van der Waals surface area contributed by atoms with Gasteiger partial charge < -0.3 is 0 Å². The van der Waals surface area contributed by atoms with E-state index in [1.165, 1.54) is 17.7 Å². The average Bonchev–Trinajstić information content (AvgIpc) is 2.79. The normalized spacial score (nSPS) is 14.3. The van der Waals surface area contributed by atoms with Gasteiger partial charge in [-0.25, -0.2) is 9.87 Å². The molecule has 0 radical (unpaired) electrons. The minimum atomic E-state index is -0.508. The molecule has 5 heteroatoms. The van der Waals surface area contributed by atoms with Gasteiger partial charge in [-0.1, -0.05) is 48.5 Å². The molecule has 3 aromatic rings. The Morgan fingerprint density at radius 1 is 1.00 bits per heavy atom. The van der Waals surface area contributed by atoms with Crippen LogP contribution in [0.2, 0.25) is 0 Å². The first-order valence-corrected chi connectivity index (χ1v) is 9.92. The van der Waals surface area contributed by atoms with Gasteiger partial charge in [0.25, 0.3) is 5.91 Å². The fourth-order valence-corrected chi connectivity index (χ4v) is 3.83. The van der Waals surface area contributed by atoms with Gasteiger partial charge in [-0.2, -0.15) is 0 Å². The fourth-order valence-electron chi connectivity index (χ4n) is 3.83. The van der Waals surface area contributed by atoms with Gasteiger partial charge in [-0.3, -0.25) is 14.9 Å². The van der Waals surface area contributed by atoms with Crippen LogP contribution in [0.5, 0.6) is 0 Å². The molecule has 1 heterocycles. The number of carbonyl (C=O) groups is 1. The van der Waals surface area contributed by atoms with E-state index in [1.807, 2.05) is 42.5 Å². The highest BCUT2D eigenvalue weighted by Crippen LogP contribution is 2.25. The standard InChI is InChI=1S/C25H23FN2O2/c26-24-10-8-19(9-11-24)22(14-18-4-2-1-3-5-18)16-28-13-12-20-6-7-21(25(29)27-30)15-23(20)17-28/h1-11,14-15,30H,12-13,16-17H2,(H,27,29). The molecule has 1 amide bonds. The molecule has 0 fully saturated rings.